The number of carboxylic acids is 1. The van der Waals surface area contributed by atoms with Crippen LogP contribution in [0.5, 0.6) is 0 Å². The lowest BCUT2D eigenvalue weighted by Gasteiger charge is -1.96. The van der Waals surface area contributed by atoms with E-state index < -0.39 is 5.97 Å². The van der Waals surface area contributed by atoms with Gasteiger partial charge in [0.15, 0.2) is 0 Å². The maximum Gasteiger partial charge on any atom is 0.0927 e. The average Bonchev–Trinajstić information content (AvgIpc) is 2.68. The Balaban J connectivity index is 2.37. The second kappa shape index (κ2) is 3.57. The fraction of sp³-hybridized carbons (Fsp3) is 0.0909. The molecule has 0 saturated heterocycles. The van der Waals surface area contributed by atoms with Crippen LogP contribution in [0.1, 0.15) is 16.1 Å². The minimum Gasteiger partial charge on any atom is -0.543 e. The van der Waals surface area contributed by atoms with Gasteiger partial charge in [-0.25, -0.2) is 0 Å². The molecule has 2 rings (SSSR count). The van der Waals surface area contributed by atoms with Gasteiger partial charge in [0.2, 0.25) is 0 Å². The molecule has 0 atom stereocenters. The Hall–Kier alpha value is -2.10. The number of aryl methyl sites for hydroxylation is 1. The molecule has 0 radical (unpaired) electrons. The zero-order valence-corrected chi connectivity index (χ0v) is 8.15. The zero-order chi connectivity index (χ0) is 10.8. The summed E-state index contributed by atoms with van der Waals surface area (Å²) in [6.45, 7) is 1.99. The van der Waals surface area contributed by atoms with Crippen molar-refractivity contribution in [2.75, 3.05) is 0 Å². The molecule has 1 N–H and O–H groups in total. The molecular weight excluding hydrogens is 192 g/mol. The van der Waals surface area contributed by atoms with E-state index in [1.165, 1.54) is 6.07 Å². The summed E-state index contributed by atoms with van der Waals surface area (Å²) in [5.41, 5.74) is 2.62. The van der Waals surface area contributed by atoms with Crippen LogP contribution in [0.3, 0.4) is 0 Å². The van der Waals surface area contributed by atoms with Crippen LogP contribution in [0.15, 0.2) is 30.3 Å². The molecule has 0 aliphatic rings. The van der Waals surface area contributed by atoms with Gasteiger partial charge in [-0.2, -0.15) is 5.10 Å². The average molecular weight is 201 g/mol. The van der Waals surface area contributed by atoms with Gasteiger partial charge in [0.05, 0.1) is 17.4 Å². The molecule has 1 heterocycles. The number of rotatable bonds is 2. The van der Waals surface area contributed by atoms with Crippen LogP contribution in [-0.4, -0.2) is 16.2 Å². The number of aromatic carboxylic acids is 1. The summed E-state index contributed by atoms with van der Waals surface area (Å²) in [4.78, 5) is 10.5. The van der Waals surface area contributed by atoms with E-state index in [9.17, 15) is 9.90 Å². The Labute approximate surface area is 86.6 Å². The molecule has 4 nitrogen and oxygen atoms in total. The highest BCUT2D eigenvalue weighted by molar-refractivity contribution is 5.85. The summed E-state index contributed by atoms with van der Waals surface area (Å²) in [6.07, 6.45) is 0. The highest BCUT2D eigenvalue weighted by atomic mass is 16.4. The lowest BCUT2D eigenvalue weighted by molar-refractivity contribution is -0.255. The molecule has 76 valence electrons. The Morgan fingerprint density at radius 3 is 2.53 bits per heavy atom. The van der Waals surface area contributed by atoms with Gasteiger partial charge >= 0.3 is 0 Å². The molecule has 0 spiro atoms. The summed E-state index contributed by atoms with van der Waals surface area (Å²) < 4.78 is 0. The molecule has 4 heteroatoms. The predicted molar refractivity (Wildman–Crippen MR) is 53.1 cm³/mol. The summed E-state index contributed by atoms with van der Waals surface area (Å²) in [6, 6.07) is 9.14. The smallest absolute Gasteiger partial charge is 0.0927 e. The third-order valence-electron chi connectivity index (χ3n) is 2.15. The lowest BCUT2D eigenvalue weighted by atomic mass is 10.1. The SMILES string of the molecule is Cc1ccc(-c2cc(C(=O)[O-])[nH]n2)cc1. The highest BCUT2D eigenvalue weighted by Crippen LogP contribution is 2.17. The van der Waals surface area contributed by atoms with E-state index in [2.05, 4.69) is 10.2 Å². The van der Waals surface area contributed by atoms with E-state index >= 15 is 0 Å². The van der Waals surface area contributed by atoms with E-state index in [0.717, 1.165) is 11.1 Å². The summed E-state index contributed by atoms with van der Waals surface area (Å²) in [5, 5.41) is 16.8. The number of carboxylic acid groups (broad SMARTS) is 1. The first-order chi connectivity index (χ1) is 7.16. The van der Waals surface area contributed by atoms with E-state index in [4.69, 9.17) is 0 Å². The summed E-state index contributed by atoms with van der Waals surface area (Å²) >= 11 is 0. The number of aromatic nitrogens is 2. The number of carbonyl (C=O) groups excluding carboxylic acids is 1. The highest BCUT2D eigenvalue weighted by Gasteiger charge is 2.03. The van der Waals surface area contributed by atoms with Crippen LogP contribution in [-0.2, 0) is 0 Å². The van der Waals surface area contributed by atoms with Crippen molar-refractivity contribution < 1.29 is 9.90 Å². The van der Waals surface area contributed by atoms with Crippen molar-refractivity contribution in [1.29, 1.82) is 0 Å². The molecule has 2 aromatic rings. The number of nitrogens with one attached hydrogen (secondary N) is 1. The van der Waals surface area contributed by atoms with Gasteiger partial charge in [0.1, 0.15) is 0 Å². The fourth-order valence-electron chi connectivity index (χ4n) is 1.30. The first-order valence-corrected chi connectivity index (χ1v) is 4.50. The van der Waals surface area contributed by atoms with Gasteiger partial charge in [0, 0.05) is 5.56 Å². The van der Waals surface area contributed by atoms with Gasteiger partial charge in [-0.05, 0) is 13.0 Å². The lowest BCUT2D eigenvalue weighted by Crippen LogP contribution is -2.22. The van der Waals surface area contributed by atoms with Crippen molar-refractivity contribution in [3.05, 3.63) is 41.6 Å². The number of benzene rings is 1. The quantitative estimate of drug-likeness (QED) is 0.779. The minimum absolute atomic E-state index is 0.00873. The molecule has 1 aromatic heterocycles. The Bertz CT molecular complexity index is 486. The molecule has 0 unspecified atom stereocenters. The fourth-order valence-corrected chi connectivity index (χ4v) is 1.30. The van der Waals surface area contributed by atoms with Crippen LogP contribution in [0.2, 0.25) is 0 Å². The molecule has 1 aromatic carbocycles. The van der Waals surface area contributed by atoms with E-state index in [1.807, 2.05) is 31.2 Å². The van der Waals surface area contributed by atoms with Gasteiger partial charge in [-0.1, -0.05) is 29.8 Å². The van der Waals surface area contributed by atoms with Crippen LogP contribution >= 0.6 is 0 Å². The number of H-pyrrole nitrogens is 1. The topological polar surface area (TPSA) is 68.8 Å². The molecule has 0 aliphatic carbocycles. The molecule has 0 fully saturated rings. The van der Waals surface area contributed by atoms with E-state index in [1.54, 1.807) is 0 Å². The van der Waals surface area contributed by atoms with Gasteiger partial charge < -0.3 is 9.90 Å². The monoisotopic (exact) mass is 201 g/mol. The maximum atomic E-state index is 10.5. The number of hydrogen-bond donors (Lipinski definition) is 1. The maximum absolute atomic E-state index is 10.5. The molecule has 15 heavy (non-hydrogen) atoms. The number of aromatic amines is 1. The Kier molecular flexibility index (Phi) is 2.25. The zero-order valence-electron chi connectivity index (χ0n) is 8.15. The van der Waals surface area contributed by atoms with E-state index in [0.29, 0.717) is 5.69 Å². The number of nitrogens with zero attached hydrogens (tertiary/aromatic N) is 1. The van der Waals surface area contributed by atoms with Crippen molar-refractivity contribution in [2.24, 2.45) is 0 Å². The molecule has 0 bridgehead atoms. The third-order valence-corrected chi connectivity index (χ3v) is 2.15. The van der Waals surface area contributed by atoms with E-state index in [-0.39, 0.29) is 5.69 Å². The van der Waals surface area contributed by atoms with Crippen LogP contribution in [0.4, 0.5) is 0 Å². The third kappa shape index (κ3) is 1.88. The predicted octanol–water partition coefficient (Wildman–Crippen LogP) is 0.749. The first kappa shape index (κ1) is 9.45. The standard InChI is InChI=1S/C11H10N2O2/c1-7-2-4-8(5-3-7)9-6-10(11(14)15)13-12-9/h2-6H,1H3,(H,12,13)(H,14,15)/p-1. The Morgan fingerprint density at radius 1 is 1.33 bits per heavy atom. The number of hydrogen-bond acceptors (Lipinski definition) is 3. The van der Waals surface area contributed by atoms with Gasteiger partial charge in [-0.3, -0.25) is 5.10 Å². The summed E-state index contributed by atoms with van der Waals surface area (Å²) in [5.74, 6) is -1.25. The van der Waals surface area contributed by atoms with Crippen molar-refractivity contribution >= 4 is 5.97 Å². The first-order valence-electron chi connectivity index (χ1n) is 4.50. The van der Waals surface area contributed by atoms with Crippen molar-refractivity contribution in [2.45, 2.75) is 6.92 Å². The largest absolute Gasteiger partial charge is 0.543 e. The van der Waals surface area contributed by atoms with Crippen LogP contribution in [0.25, 0.3) is 11.3 Å². The van der Waals surface area contributed by atoms with Crippen molar-refractivity contribution in [3.63, 3.8) is 0 Å². The second-order valence-electron chi connectivity index (χ2n) is 3.32. The second-order valence-corrected chi connectivity index (χ2v) is 3.32. The number of carbonyl (C=O) groups is 1. The molecule has 0 saturated carbocycles. The van der Waals surface area contributed by atoms with Crippen molar-refractivity contribution in [3.8, 4) is 11.3 Å². The normalized spacial score (nSPS) is 10.2. The minimum atomic E-state index is -1.25. The molecule has 0 amide bonds. The van der Waals surface area contributed by atoms with Gasteiger partial charge in [-0.15, -0.1) is 0 Å². The van der Waals surface area contributed by atoms with Crippen LogP contribution < -0.4 is 5.11 Å². The van der Waals surface area contributed by atoms with Gasteiger partial charge in [0.25, 0.3) is 0 Å². The molecule has 0 aliphatic heterocycles. The summed E-state index contributed by atoms with van der Waals surface area (Å²) in [7, 11) is 0. The Morgan fingerprint density at radius 2 is 2.00 bits per heavy atom. The molecular formula is C11H9N2O2-. The van der Waals surface area contributed by atoms with Crippen molar-refractivity contribution in [1.82, 2.24) is 10.2 Å². The van der Waals surface area contributed by atoms with Crippen LogP contribution in [0, 0.1) is 6.92 Å².